The Kier molecular flexibility index (Phi) is 3.50. The van der Waals surface area contributed by atoms with Crippen molar-refractivity contribution in [1.82, 2.24) is 9.97 Å². The minimum Gasteiger partial charge on any atom is -0.454 e. The molecule has 0 spiro atoms. The van der Waals surface area contributed by atoms with Crippen LogP contribution in [0, 0.1) is 5.41 Å². The number of rotatable bonds is 4. The zero-order valence-electron chi connectivity index (χ0n) is 11.3. The molecule has 0 saturated heterocycles. The van der Waals surface area contributed by atoms with Gasteiger partial charge < -0.3 is 14.7 Å². The zero-order chi connectivity index (χ0) is 14.8. The number of imidazole rings is 1. The van der Waals surface area contributed by atoms with Crippen molar-refractivity contribution in [3.63, 3.8) is 0 Å². The Bertz CT molecular complexity index is 831. The van der Waals surface area contributed by atoms with Gasteiger partial charge in [0.25, 0.3) is 0 Å². The third-order valence-corrected chi connectivity index (χ3v) is 3.18. The van der Waals surface area contributed by atoms with E-state index in [9.17, 15) is 0 Å². The lowest BCUT2D eigenvalue weighted by atomic mass is 10.2. The quantitative estimate of drug-likeness (QED) is 0.635. The highest BCUT2D eigenvalue weighted by Gasteiger charge is 2.09. The lowest BCUT2D eigenvalue weighted by Crippen LogP contribution is -1.85. The van der Waals surface area contributed by atoms with E-state index in [4.69, 9.17) is 21.4 Å². The first kappa shape index (κ1) is 13.5. The molecule has 3 aromatic rings. The number of allylic oxidation sites excluding steroid dienone is 1. The molecule has 0 fully saturated rings. The Morgan fingerprint density at radius 2 is 2.29 bits per heavy atom. The van der Waals surface area contributed by atoms with Gasteiger partial charge in [0.05, 0.1) is 6.20 Å². The average molecular weight is 301 g/mol. The van der Waals surface area contributed by atoms with Crippen LogP contribution in [0.1, 0.15) is 5.82 Å². The van der Waals surface area contributed by atoms with Crippen LogP contribution in [0.3, 0.4) is 0 Å². The first-order valence-electron chi connectivity index (χ1n) is 6.34. The van der Waals surface area contributed by atoms with Gasteiger partial charge in [-0.1, -0.05) is 11.6 Å². The highest BCUT2D eigenvalue weighted by molar-refractivity contribution is 6.67. The molecule has 6 heteroatoms. The van der Waals surface area contributed by atoms with E-state index < -0.39 is 0 Å². The number of furan rings is 1. The fourth-order valence-electron chi connectivity index (χ4n) is 2.03. The molecule has 0 aliphatic rings. The van der Waals surface area contributed by atoms with E-state index >= 15 is 0 Å². The Hall–Kier alpha value is -2.53. The SMILES string of the molecule is CNc1ccc2oc(-c3cnc(/C=C\C(=N)Cl)[nH]3)cc2c1. The van der Waals surface area contributed by atoms with Gasteiger partial charge in [-0.2, -0.15) is 0 Å². The maximum atomic E-state index is 7.14. The van der Waals surface area contributed by atoms with Gasteiger partial charge in [0.1, 0.15) is 22.3 Å². The molecular weight excluding hydrogens is 288 g/mol. The van der Waals surface area contributed by atoms with Gasteiger partial charge in [-0.15, -0.1) is 0 Å². The monoisotopic (exact) mass is 300 g/mol. The van der Waals surface area contributed by atoms with Gasteiger partial charge in [-0.25, -0.2) is 4.98 Å². The van der Waals surface area contributed by atoms with Crippen molar-refractivity contribution in [2.24, 2.45) is 0 Å². The maximum absolute atomic E-state index is 7.14. The smallest absolute Gasteiger partial charge is 0.153 e. The number of nitrogens with one attached hydrogen (secondary N) is 3. The lowest BCUT2D eigenvalue weighted by Gasteiger charge is -1.96. The molecule has 2 heterocycles. The predicted molar refractivity (Wildman–Crippen MR) is 86.0 cm³/mol. The van der Waals surface area contributed by atoms with Gasteiger partial charge in [0, 0.05) is 18.1 Å². The second kappa shape index (κ2) is 5.46. The molecule has 0 saturated carbocycles. The summed E-state index contributed by atoms with van der Waals surface area (Å²) in [5.41, 5.74) is 2.62. The van der Waals surface area contributed by atoms with Crippen LogP contribution in [0.2, 0.25) is 0 Å². The number of hydrogen-bond donors (Lipinski definition) is 3. The lowest BCUT2D eigenvalue weighted by molar-refractivity contribution is 0.629. The number of halogens is 1. The number of H-pyrrole nitrogens is 1. The van der Waals surface area contributed by atoms with Crippen LogP contribution >= 0.6 is 11.6 Å². The second-order valence-corrected chi connectivity index (χ2v) is 4.88. The molecule has 0 unspecified atom stereocenters. The molecule has 5 nitrogen and oxygen atoms in total. The minimum absolute atomic E-state index is 0.0451. The summed E-state index contributed by atoms with van der Waals surface area (Å²) in [4.78, 5) is 7.31. The maximum Gasteiger partial charge on any atom is 0.153 e. The number of aromatic amines is 1. The summed E-state index contributed by atoms with van der Waals surface area (Å²) >= 11 is 5.46. The van der Waals surface area contributed by atoms with E-state index in [2.05, 4.69) is 15.3 Å². The van der Waals surface area contributed by atoms with Crippen molar-refractivity contribution in [3.05, 3.63) is 42.4 Å². The molecule has 3 N–H and O–H groups in total. The summed E-state index contributed by atoms with van der Waals surface area (Å²) in [6.07, 6.45) is 4.79. The van der Waals surface area contributed by atoms with Crippen LogP contribution in [0.25, 0.3) is 28.5 Å². The number of hydrogen-bond acceptors (Lipinski definition) is 4. The molecular formula is C15H13ClN4O. The zero-order valence-corrected chi connectivity index (χ0v) is 12.0. The van der Waals surface area contributed by atoms with Crippen LogP contribution in [0.4, 0.5) is 5.69 Å². The summed E-state index contributed by atoms with van der Waals surface area (Å²) in [5, 5.41) is 11.2. The molecule has 0 bridgehead atoms. The van der Waals surface area contributed by atoms with Crippen molar-refractivity contribution in [2.45, 2.75) is 0 Å². The summed E-state index contributed by atoms with van der Waals surface area (Å²) in [5.74, 6) is 1.33. The van der Waals surface area contributed by atoms with Crippen molar-refractivity contribution < 1.29 is 4.42 Å². The largest absolute Gasteiger partial charge is 0.454 e. The van der Waals surface area contributed by atoms with E-state index in [1.807, 2.05) is 31.3 Å². The number of fused-ring (bicyclic) bond motifs is 1. The Balaban J connectivity index is 1.95. The van der Waals surface area contributed by atoms with Crippen LogP contribution in [-0.2, 0) is 0 Å². The molecule has 21 heavy (non-hydrogen) atoms. The molecule has 0 aliphatic carbocycles. The van der Waals surface area contributed by atoms with Gasteiger partial charge in [-0.05, 0) is 36.4 Å². The fourth-order valence-corrected chi connectivity index (χ4v) is 2.09. The molecule has 0 radical (unpaired) electrons. The first-order chi connectivity index (χ1) is 10.2. The topological polar surface area (TPSA) is 77.7 Å². The van der Waals surface area contributed by atoms with Crippen molar-refractivity contribution >= 4 is 39.5 Å². The van der Waals surface area contributed by atoms with Crippen molar-refractivity contribution in [3.8, 4) is 11.5 Å². The van der Waals surface area contributed by atoms with E-state index in [0.29, 0.717) is 11.6 Å². The van der Waals surface area contributed by atoms with E-state index in [1.165, 1.54) is 6.08 Å². The van der Waals surface area contributed by atoms with Gasteiger partial charge in [-0.3, -0.25) is 5.41 Å². The summed E-state index contributed by atoms with van der Waals surface area (Å²) < 4.78 is 5.80. The second-order valence-electron chi connectivity index (χ2n) is 4.48. The van der Waals surface area contributed by atoms with E-state index in [1.54, 1.807) is 12.3 Å². The van der Waals surface area contributed by atoms with Gasteiger partial charge in [0.15, 0.2) is 5.76 Å². The van der Waals surface area contributed by atoms with Crippen molar-refractivity contribution in [2.75, 3.05) is 12.4 Å². The van der Waals surface area contributed by atoms with Gasteiger partial charge >= 0.3 is 0 Å². The highest BCUT2D eigenvalue weighted by Crippen LogP contribution is 2.28. The molecule has 0 amide bonds. The van der Waals surface area contributed by atoms with E-state index in [0.717, 1.165) is 22.4 Å². The summed E-state index contributed by atoms with van der Waals surface area (Å²) in [6.45, 7) is 0. The van der Waals surface area contributed by atoms with Gasteiger partial charge in [0.2, 0.25) is 0 Å². The first-order valence-corrected chi connectivity index (χ1v) is 6.72. The third kappa shape index (κ3) is 2.83. The number of aromatic nitrogens is 2. The van der Waals surface area contributed by atoms with Crippen LogP contribution in [-0.4, -0.2) is 22.2 Å². The molecule has 106 valence electrons. The van der Waals surface area contributed by atoms with Crippen molar-refractivity contribution in [1.29, 1.82) is 5.41 Å². The Morgan fingerprint density at radius 1 is 1.43 bits per heavy atom. The van der Waals surface area contributed by atoms with E-state index in [-0.39, 0.29) is 5.17 Å². The molecule has 1 aromatic carbocycles. The minimum atomic E-state index is -0.0451. The molecule has 2 aromatic heterocycles. The van der Waals surface area contributed by atoms with Crippen LogP contribution in [0.5, 0.6) is 0 Å². The average Bonchev–Trinajstić information content (AvgIpc) is 3.10. The number of benzene rings is 1. The Morgan fingerprint density at radius 3 is 3.05 bits per heavy atom. The third-order valence-electron chi connectivity index (χ3n) is 3.05. The summed E-state index contributed by atoms with van der Waals surface area (Å²) in [6, 6.07) is 7.87. The fraction of sp³-hybridized carbons (Fsp3) is 0.0667. The number of nitrogens with zero attached hydrogens (tertiary/aromatic N) is 1. The molecule has 3 rings (SSSR count). The molecule has 0 aliphatic heterocycles. The Labute approximate surface area is 126 Å². The molecule has 0 atom stereocenters. The standard InChI is InChI=1S/C15H13ClN4O/c1-18-10-2-3-12-9(6-10)7-13(21-12)11-8-19-15(20-11)5-4-14(16)17/h2-8,17-18H,1H3,(H,19,20)/b5-4-,17-14?. The predicted octanol–water partition coefficient (Wildman–Crippen LogP) is 4.09. The van der Waals surface area contributed by atoms with Crippen LogP contribution in [0.15, 0.2) is 41.0 Å². The normalized spacial score (nSPS) is 11.3. The number of anilines is 1. The van der Waals surface area contributed by atoms with Crippen LogP contribution < -0.4 is 5.32 Å². The summed E-state index contributed by atoms with van der Waals surface area (Å²) in [7, 11) is 1.88. The highest BCUT2D eigenvalue weighted by atomic mass is 35.5.